The summed E-state index contributed by atoms with van der Waals surface area (Å²) in [5.41, 5.74) is 0.381. The fourth-order valence-electron chi connectivity index (χ4n) is 6.05. The maximum absolute atomic E-state index is 14.2. The number of hydroxylamine groups is 2. The quantitative estimate of drug-likeness (QED) is 0.117. The van der Waals surface area contributed by atoms with Crippen molar-refractivity contribution in [2.75, 3.05) is 16.8 Å². The van der Waals surface area contributed by atoms with E-state index >= 15 is 0 Å². The smallest absolute Gasteiger partial charge is 0.315 e. The summed E-state index contributed by atoms with van der Waals surface area (Å²) >= 11 is 0. The summed E-state index contributed by atoms with van der Waals surface area (Å²) in [4.78, 5) is 31.2. The van der Waals surface area contributed by atoms with Crippen LogP contribution in [0.2, 0.25) is 0 Å². The van der Waals surface area contributed by atoms with Gasteiger partial charge in [-0.2, -0.15) is 5.06 Å². The Labute approximate surface area is 242 Å². The first-order valence-electron chi connectivity index (χ1n) is 14.7. The molecule has 7 heteroatoms. The molecule has 1 atom stereocenters. The van der Waals surface area contributed by atoms with Crippen molar-refractivity contribution in [3.8, 4) is 0 Å². The zero-order valence-electron chi connectivity index (χ0n) is 24.2. The molecule has 4 aromatic rings. The number of anilines is 2. The monoisotopic (exact) mass is 552 g/mol. The normalized spacial score (nSPS) is 16.5. The van der Waals surface area contributed by atoms with E-state index in [0.717, 1.165) is 40.8 Å². The van der Waals surface area contributed by atoms with Gasteiger partial charge in [0, 0.05) is 17.3 Å². The number of nitrogens with zero attached hydrogens (tertiary/aromatic N) is 3. The van der Waals surface area contributed by atoms with Crippen LogP contribution in [0.3, 0.4) is 0 Å². The number of urea groups is 2. The Bertz CT molecular complexity index is 1520. The largest absolute Gasteiger partial charge is 0.347 e. The Morgan fingerprint density at radius 2 is 1.41 bits per heavy atom. The van der Waals surface area contributed by atoms with Gasteiger partial charge in [0.05, 0.1) is 16.9 Å². The third-order valence-electron chi connectivity index (χ3n) is 8.24. The molecule has 1 heterocycles. The molecule has 1 fully saturated rings. The van der Waals surface area contributed by atoms with E-state index in [1.165, 1.54) is 19.3 Å². The highest BCUT2D eigenvalue weighted by molar-refractivity contribution is 6.06. The van der Waals surface area contributed by atoms with Gasteiger partial charge in [0.15, 0.2) is 6.17 Å². The van der Waals surface area contributed by atoms with E-state index in [2.05, 4.69) is 12.2 Å². The van der Waals surface area contributed by atoms with Crippen LogP contribution in [-0.2, 0) is 0 Å². The molecule has 4 aromatic carbocycles. The van der Waals surface area contributed by atoms with Gasteiger partial charge in [0.25, 0.3) is 0 Å². The van der Waals surface area contributed by atoms with Gasteiger partial charge in [0.2, 0.25) is 0 Å². The Balaban J connectivity index is 1.48. The summed E-state index contributed by atoms with van der Waals surface area (Å²) in [6, 6.07) is 26.1. The van der Waals surface area contributed by atoms with Crippen LogP contribution in [0.4, 0.5) is 21.0 Å². The lowest BCUT2D eigenvalue weighted by molar-refractivity contribution is -0.0948. The molecule has 0 radical (unpaired) electrons. The van der Waals surface area contributed by atoms with Crippen LogP contribution in [0.25, 0.3) is 21.5 Å². The number of nitrogens with one attached hydrogen (secondary N) is 1. The highest BCUT2D eigenvalue weighted by Crippen LogP contribution is 2.41. The van der Waals surface area contributed by atoms with Crippen molar-refractivity contribution in [1.82, 2.24) is 9.96 Å². The maximum Gasteiger partial charge on any atom is 0.347 e. The van der Waals surface area contributed by atoms with Crippen LogP contribution >= 0.6 is 0 Å². The SMILES string of the molecule is CCCCCCCCN1C(=O)N(c2cccc3ccccc23)[C@H](N(O)C(=O)Nc2cccc3ccccc23)C1(C)C. The maximum atomic E-state index is 14.2. The summed E-state index contributed by atoms with van der Waals surface area (Å²) in [5, 5.41) is 18.9. The van der Waals surface area contributed by atoms with E-state index in [-0.39, 0.29) is 6.03 Å². The first kappa shape index (κ1) is 28.4. The van der Waals surface area contributed by atoms with Gasteiger partial charge in [-0.1, -0.05) is 112 Å². The molecule has 5 rings (SSSR count). The Hall–Kier alpha value is -4.10. The van der Waals surface area contributed by atoms with Gasteiger partial charge in [0.1, 0.15) is 0 Å². The lowest BCUT2D eigenvalue weighted by Gasteiger charge is -2.38. The molecule has 2 N–H and O–H groups in total. The van der Waals surface area contributed by atoms with Gasteiger partial charge in [-0.25, -0.2) is 9.59 Å². The number of carbonyl (C=O) groups excluding carboxylic acids is 2. The van der Waals surface area contributed by atoms with Crippen LogP contribution < -0.4 is 10.2 Å². The lowest BCUT2D eigenvalue weighted by Crippen LogP contribution is -2.58. The zero-order valence-corrected chi connectivity index (χ0v) is 24.2. The molecule has 0 aromatic heterocycles. The van der Waals surface area contributed by atoms with Crippen molar-refractivity contribution >= 4 is 45.0 Å². The second kappa shape index (κ2) is 12.2. The number of hydrogen-bond donors (Lipinski definition) is 2. The van der Waals surface area contributed by atoms with Crippen LogP contribution in [0.15, 0.2) is 84.9 Å². The standard InChI is InChI=1S/C34H40N4O3/c1-4-5-6-7-8-13-24-36-33(40)37(30-23-15-19-26-17-10-12-21-28(26)30)31(34(36,2)3)38(41)32(39)35-29-22-14-18-25-16-9-11-20-27(25)29/h9-12,14-23,31,41H,4-8,13,24H2,1-3H3,(H,35,39)/t31-/m1/s1. The lowest BCUT2D eigenvalue weighted by atomic mass is 9.98. The molecule has 1 aliphatic heterocycles. The molecule has 0 bridgehead atoms. The molecule has 41 heavy (non-hydrogen) atoms. The molecular formula is C34H40N4O3. The molecule has 0 aliphatic carbocycles. The minimum atomic E-state index is -0.962. The zero-order chi connectivity index (χ0) is 29.0. The fourth-order valence-corrected chi connectivity index (χ4v) is 6.05. The van der Waals surface area contributed by atoms with Gasteiger partial charge < -0.3 is 10.2 Å². The molecular weight excluding hydrogens is 512 g/mol. The number of amides is 4. The van der Waals surface area contributed by atoms with Crippen molar-refractivity contribution < 1.29 is 14.8 Å². The molecule has 0 unspecified atom stereocenters. The first-order chi connectivity index (χ1) is 19.8. The van der Waals surface area contributed by atoms with Crippen LogP contribution in [0, 0.1) is 0 Å². The second-order valence-corrected chi connectivity index (χ2v) is 11.4. The summed E-state index contributed by atoms with van der Waals surface area (Å²) in [7, 11) is 0. The van der Waals surface area contributed by atoms with E-state index < -0.39 is 17.7 Å². The van der Waals surface area contributed by atoms with E-state index in [1.807, 2.05) is 104 Å². The topological polar surface area (TPSA) is 76.1 Å². The predicted molar refractivity (Wildman–Crippen MR) is 166 cm³/mol. The number of fused-ring (bicyclic) bond motifs is 2. The molecule has 1 saturated heterocycles. The van der Waals surface area contributed by atoms with E-state index in [1.54, 1.807) is 4.90 Å². The van der Waals surface area contributed by atoms with Crippen molar-refractivity contribution in [2.24, 2.45) is 0 Å². The average molecular weight is 553 g/mol. The summed E-state index contributed by atoms with van der Waals surface area (Å²) < 4.78 is 0. The highest BCUT2D eigenvalue weighted by Gasteiger charge is 2.56. The number of unbranched alkanes of at least 4 members (excludes halogenated alkanes) is 5. The minimum Gasteiger partial charge on any atom is -0.315 e. The van der Waals surface area contributed by atoms with Gasteiger partial charge >= 0.3 is 12.1 Å². The third kappa shape index (κ3) is 5.59. The number of benzene rings is 4. The summed E-state index contributed by atoms with van der Waals surface area (Å²) in [5.74, 6) is 0. The molecule has 0 spiro atoms. The van der Waals surface area contributed by atoms with Crippen molar-refractivity contribution in [3.05, 3.63) is 84.9 Å². The van der Waals surface area contributed by atoms with Crippen LogP contribution in [0.5, 0.6) is 0 Å². The molecule has 0 saturated carbocycles. The van der Waals surface area contributed by atoms with Gasteiger partial charge in [-0.05, 0) is 43.2 Å². The second-order valence-electron chi connectivity index (χ2n) is 11.4. The Morgan fingerprint density at radius 3 is 2.15 bits per heavy atom. The van der Waals surface area contributed by atoms with Crippen LogP contribution in [-0.4, -0.2) is 45.5 Å². The fraction of sp³-hybridized carbons (Fsp3) is 0.353. The van der Waals surface area contributed by atoms with E-state index in [9.17, 15) is 14.8 Å². The number of hydrogen-bond acceptors (Lipinski definition) is 3. The molecule has 1 aliphatic rings. The Kier molecular flexibility index (Phi) is 8.45. The Morgan fingerprint density at radius 1 is 0.829 bits per heavy atom. The summed E-state index contributed by atoms with van der Waals surface area (Å²) in [6.45, 7) is 6.59. The van der Waals surface area contributed by atoms with Gasteiger partial charge in [-0.3, -0.25) is 10.1 Å². The predicted octanol–water partition coefficient (Wildman–Crippen LogP) is 8.62. The van der Waals surface area contributed by atoms with Crippen molar-refractivity contribution in [1.29, 1.82) is 0 Å². The van der Waals surface area contributed by atoms with Crippen molar-refractivity contribution in [2.45, 2.75) is 71.0 Å². The number of carbonyl (C=O) groups is 2. The summed E-state index contributed by atoms with van der Waals surface area (Å²) in [6.07, 6.45) is 5.66. The highest BCUT2D eigenvalue weighted by atomic mass is 16.5. The van der Waals surface area contributed by atoms with E-state index in [4.69, 9.17) is 0 Å². The minimum absolute atomic E-state index is 0.220. The van der Waals surface area contributed by atoms with Crippen molar-refractivity contribution in [3.63, 3.8) is 0 Å². The average Bonchev–Trinajstić information content (AvgIpc) is 3.18. The first-order valence-corrected chi connectivity index (χ1v) is 14.7. The van der Waals surface area contributed by atoms with E-state index in [0.29, 0.717) is 23.0 Å². The molecule has 7 nitrogen and oxygen atoms in total. The van der Waals surface area contributed by atoms with Gasteiger partial charge in [-0.15, -0.1) is 0 Å². The number of rotatable bonds is 10. The molecule has 214 valence electrons. The third-order valence-corrected chi connectivity index (χ3v) is 8.24. The van der Waals surface area contributed by atoms with Crippen LogP contribution in [0.1, 0.15) is 59.3 Å². The molecule has 4 amide bonds.